The molecule has 2 aliphatic rings. The molecule has 0 radical (unpaired) electrons. The molecule has 3 N–H and O–H groups in total. The van der Waals surface area contributed by atoms with Crippen LogP contribution in [-0.2, 0) is 4.79 Å². The molecule has 2 amide bonds. The Morgan fingerprint density at radius 1 is 1.15 bits per heavy atom. The predicted molar refractivity (Wildman–Crippen MR) is 73.3 cm³/mol. The number of hydrogen-bond acceptors (Lipinski definition) is 3. The summed E-state index contributed by atoms with van der Waals surface area (Å²) in [7, 11) is 0. The predicted octanol–water partition coefficient (Wildman–Crippen LogP) is 1.18. The third kappa shape index (κ3) is 3.42. The third-order valence-corrected chi connectivity index (χ3v) is 4.47. The minimum absolute atomic E-state index is 0.0137. The molecule has 0 aromatic heterocycles. The molecule has 1 aliphatic heterocycles. The van der Waals surface area contributed by atoms with Crippen molar-refractivity contribution < 1.29 is 19.8 Å². The zero-order valence-corrected chi connectivity index (χ0v) is 11.9. The van der Waals surface area contributed by atoms with Crippen molar-refractivity contribution >= 4 is 12.0 Å². The van der Waals surface area contributed by atoms with E-state index in [1.54, 1.807) is 0 Å². The zero-order valence-electron chi connectivity index (χ0n) is 11.9. The Bertz CT molecular complexity index is 366. The van der Waals surface area contributed by atoms with Crippen LogP contribution in [0.5, 0.6) is 0 Å². The van der Waals surface area contributed by atoms with Gasteiger partial charge in [0, 0.05) is 12.6 Å². The number of hydrogen-bond donors (Lipinski definition) is 3. The van der Waals surface area contributed by atoms with Gasteiger partial charge in [0.2, 0.25) is 0 Å². The van der Waals surface area contributed by atoms with Gasteiger partial charge in [0.1, 0.15) is 6.04 Å². The van der Waals surface area contributed by atoms with Gasteiger partial charge in [-0.25, -0.2) is 9.59 Å². The molecule has 2 rings (SSSR count). The number of carbonyl (C=O) groups excluding carboxylic acids is 1. The summed E-state index contributed by atoms with van der Waals surface area (Å²) in [6.07, 6.45) is 4.35. The number of urea groups is 1. The fourth-order valence-corrected chi connectivity index (χ4v) is 3.27. The van der Waals surface area contributed by atoms with Gasteiger partial charge in [-0.15, -0.1) is 0 Å². The van der Waals surface area contributed by atoms with Gasteiger partial charge in [0.25, 0.3) is 0 Å². The normalized spacial score (nSPS) is 34.6. The van der Waals surface area contributed by atoms with Gasteiger partial charge in [0.15, 0.2) is 0 Å². The summed E-state index contributed by atoms with van der Waals surface area (Å²) < 4.78 is 0. The Hall–Kier alpha value is -1.30. The topological polar surface area (TPSA) is 89.9 Å². The number of piperidine rings is 1. The molecule has 6 nitrogen and oxygen atoms in total. The number of amides is 2. The molecule has 0 aromatic rings. The summed E-state index contributed by atoms with van der Waals surface area (Å²) in [5, 5.41) is 21.7. The molecule has 20 heavy (non-hydrogen) atoms. The largest absolute Gasteiger partial charge is 0.480 e. The molecule has 0 bridgehead atoms. The van der Waals surface area contributed by atoms with Crippen molar-refractivity contribution in [2.24, 2.45) is 5.92 Å². The van der Waals surface area contributed by atoms with Gasteiger partial charge in [-0.05, 0) is 44.4 Å². The molecule has 2 atom stereocenters. The van der Waals surface area contributed by atoms with Gasteiger partial charge in [-0.3, -0.25) is 0 Å². The summed E-state index contributed by atoms with van der Waals surface area (Å²) in [5.41, 5.74) is 0. The Kier molecular flexibility index (Phi) is 4.86. The molecule has 1 aliphatic carbocycles. The first-order chi connectivity index (χ1) is 9.49. The summed E-state index contributed by atoms with van der Waals surface area (Å²) >= 11 is 0. The first-order valence-electron chi connectivity index (χ1n) is 7.47. The highest BCUT2D eigenvalue weighted by atomic mass is 16.4. The van der Waals surface area contributed by atoms with E-state index >= 15 is 0 Å². The number of aliphatic hydroxyl groups excluding tert-OH is 1. The van der Waals surface area contributed by atoms with Crippen LogP contribution in [0.15, 0.2) is 0 Å². The number of aliphatic carboxylic acids is 1. The molecule has 1 saturated carbocycles. The number of nitrogens with one attached hydrogen (secondary N) is 1. The van der Waals surface area contributed by atoms with E-state index in [9.17, 15) is 19.8 Å². The molecule has 0 aromatic carbocycles. The Labute approximate surface area is 119 Å². The van der Waals surface area contributed by atoms with E-state index in [-0.39, 0.29) is 24.1 Å². The lowest BCUT2D eigenvalue weighted by molar-refractivity contribution is -0.145. The van der Waals surface area contributed by atoms with Crippen LogP contribution >= 0.6 is 0 Å². The molecular formula is C14H24N2O4. The van der Waals surface area contributed by atoms with E-state index in [4.69, 9.17) is 0 Å². The Balaban J connectivity index is 1.94. The number of likely N-dealkylation sites (tertiary alicyclic amines) is 1. The number of aliphatic hydroxyl groups is 1. The van der Waals surface area contributed by atoms with Crippen LogP contribution in [0.2, 0.25) is 0 Å². The first kappa shape index (κ1) is 15.1. The van der Waals surface area contributed by atoms with Crippen LogP contribution in [0.1, 0.15) is 45.4 Å². The van der Waals surface area contributed by atoms with Crippen molar-refractivity contribution in [1.29, 1.82) is 0 Å². The van der Waals surface area contributed by atoms with Crippen LogP contribution in [0.4, 0.5) is 4.79 Å². The maximum atomic E-state index is 12.3. The second kappa shape index (κ2) is 6.43. The lowest BCUT2D eigenvalue weighted by atomic mass is 9.90. The van der Waals surface area contributed by atoms with E-state index in [0.29, 0.717) is 19.4 Å². The minimum atomic E-state index is -0.925. The number of nitrogens with zero attached hydrogens (tertiary/aromatic N) is 1. The van der Waals surface area contributed by atoms with Crippen molar-refractivity contribution in [1.82, 2.24) is 10.2 Å². The van der Waals surface area contributed by atoms with Crippen LogP contribution in [-0.4, -0.2) is 51.8 Å². The number of carboxylic acid groups (broad SMARTS) is 1. The number of rotatable bonds is 2. The molecule has 6 heteroatoms. The van der Waals surface area contributed by atoms with Crippen molar-refractivity contribution in [2.45, 2.75) is 63.6 Å². The fourth-order valence-electron chi connectivity index (χ4n) is 3.27. The lowest BCUT2D eigenvalue weighted by Gasteiger charge is -2.38. The van der Waals surface area contributed by atoms with E-state index in [1.807, 2.05) is 6.92 Å². The quantitative estimate of drug-likeness (QED) is 0.710. The van der Waals surface area contributed by atoms with Crippen molar-refractivity contribution in [3.05, 3.63) is 0 Å². The van der Waals surface area contributed by atoms with Crippen molar-refractivity contribution in [3.8, 4) is 0 Å². The van der Waals surface area contributed by atoms with Gasteiger partial charge in [0.05, 0.1) is 6.10 Å². The Morgan fingerprint density at radius 3 is 2.40 bits per heavy atom. The highest BCUT2D eigenvalue weighted by molar-refractivity contribution is 5.83. The smallest absolute Gasteiger partial charge is 0.326 e. The van der Waals surface area contributed by atoms with Gasteiger partial charge >= 0.3 is 12.0 Å². The van der Waals surface area contributed by atoms with Crippen LogP contribution < -0.4 is 5.32 Å². The molecule has 2 unspecified atom stereocenters. The molecule has 114 valence electrons. The number of carbonyl (C=O) groups is 2. The summed E-state index contributed by atoms with van der Waals surface area (Å²) in [4.78, 5) is 25.1. The minimum Gasteiger partial charge on any atom is -0.480 e. The molecule has 1 saturated heterocycles. The summed E-state index contributed by atoms with van der Waals surface area (Å²) in [5.74, 6) is -0.938. The highest BCUT2D eigenvalue weighted by Gasteiger charge is 2.37. The second-order valence-electron chi connectivity index (χ2n) is 6.05. The summed E-state index contributed by atoms with van der Waals surface area (Å²) in [6.45, 7) is 2.39. The average molecular weight is 284 g/mol. The van der Waals surface area contributed by atoms with Crippen LogP contribution in [0, 0.1) is 5.92 Å². The first-order valence-corrected chi connectivity index (χ1v) is 7.47. The van der Waals surface area contributed by atoms with E-state index in [0.717, 1.165) is 25.7 Å². The third-order valence-electron chi connectivity index (χ3n) is 4.47. The lowest BCUT2D eigenvalue weighted by Crippen LogP contribution is -2.56. The average Bonchev–Trinajstić information content (AvgIpc) is 2.40. The van der Waals surface area contributed by atoms with Crippen molar-refractivity contribution in [3.63, 3.8) is 0 Å². The highest BCUT2D eigenvalue weighted by Crippen LogP contribution is 2.24. The van der Waals surface area contributed by atoms with Gasteiger partial charge in [-0.2, -0.15) is 0 Å². The number of carboxylic acids is 1. The monoisotopic (exact) mass is 284 g/mol. The van der Waals surface area contributed by atoms with E-state index < -0.39 is 12.0 Å². The SMILES string of the molecule is CC1CCCN(C(=O)NC2CCC(O)CC2)C1C(=O)O. The molecule has 0 spiro atoms. The van der Waals surface area contributed by atoms with Crippen LogP contribution in [0.25, 0.3) is 0 Å². The van der Waals surface area contributed by atoms with Crippen molar-refractivity contribution in [2.75, 3.05) is 6.54 Å². The molecule has 2 fully saturated rings. The maximum absolute atomic E-state index is 12.3. The molecular weight excluding hydrogens is 260 g/mol. The second-order valence-corrected chi connectivity index (χ2v) is 6.05. The zero-order chi connectivity index (χ0) is 14.7. The van der Waals surface area contributed by atoms with E-state index in [2.05, 4.69) is 5.32 Å². The van der Waals surface area contributed by atoms with Gasteiger partial charge in [-0.1, -0.05) is 6.92 Å². The van der Waals surface area contributed by atoms with Gasteiger partial charge < -0.3 is 20.4 Å². The Morgan fingerprint density at radius 2 is 1.80 bits per heavy atom. The molecule has 1 heterocycles. The summed E-state index contributed by atoms with van der Waals surface area (Å²) in [6, 6.07) is -0.944. The van der Waals surface area contributed by atoms with Crippen LogP contribution in [0.3, 0.4) is 0 Å². The standard InChI is InChI=1S/C14H24N2O4/c1-9-3-2-8-16(12(9)13(18)19)14(20)15-10-4-6-11(17)7-5-10/h9-12,17H,2-8H2,1H3,(H,15,20)(H,18,19). The fraction of sp³-hybridized carbons (Fsp3) is 0.857. The maximum Gasteiger partial charge on any atom is 0.326 e. The van der Waals surface area contributed by atoms with E-state index in [1.165, 1.54) is 4.90 Å².